The molecule has 0 aromatic heterocycles. The first-order chi connectivity index (χ1) is 4.77. The quantitative estimate of drug-likeness (QED) is 0.663. The van der Waals surface area contributed by atoms with Gasteiger partial charge in [-0.2, -0.15) is 0 Å². The Morgan fingerprint density at radius 2 is 2.20 bits per heavy atom. The average Bonchev–Trinajstić information content (AvgIpc) is 2.30. The van der Waals surface area contributed by atoms with Gasteiger partial charge in [-0.15, -0.1) is 0 Å². The van der Waals surface area contributed by atoms with E-state index in [0.29, 0.717) is 11.3 Å². The lowest BCUT2D eigenvalue weighted by Crippen LogP contribution is -2.14. The number of amidine groups is 1. The van der Waals surface area contributed by atoms with Crippen LogP contribution in [-0.4, -0.2) is 16.5 Å². The van der Waals surface area contributed by atoms with Crippen LogP contribution in [0.4, 0.5) is 0 Å². The molecule has 1 aliphatic rings. The minimum absolute atomic E-state index is 0.481. The van der Waals surface area contributed by atoms with E-state index < -0.39 is 0 Å². The molecule has 0 aromatic rings. The van der Waals surface area contributed by atoms with Gasteiger partial charge in [-0.3, -0.25) is 4.99 Å². The maximum Gasteiger partial charge on any atom is 0.154 e. The van der Waals surface area contributed by atoms with Crippen molar-refractivity contribution in [1.82, 2.24) is 0 Å². The van der Waals surface area contributed by atoms with E-state index in [9.17, 15) is 0 Å². The van der Waals surface area contributed by atoms with Crippen LogP contribution in [0.25, 0.3) is 0 Å². The summed E-state index contributed by atoms with van der Waals surface area (Å²) in [6, 6.07) is 0.481. The van der Waals surface area contributed by atoms with E-state index in [1.807, 2.05) is 0 Å². The van der Waals surface area contributed by atoms with E-state index in [1.165, 1.54) is 6.42 Å². The normalized spacial score (nSPS) is 32.4. The first-order valence-electron chi connectivity index (χ1n) is 3.77. The Balaban J connectivity index is 2.52. The summed E-state index contributed by atoms with van der Waals surface area (Å²) < 4.78 is 0. The fourth-order valence-electron chi connectivity index (χ4n) is 1.22. The Morgan fingerprint density at radius 1 is 1.50 bits per heavy atom. The minimum atomic E-state index is 0.481. The Hall–Kier alpha value is -0.180. The van der Waals surface area contributed by atoms with Crippen molar-refractivity contribution in [3.63, 3.8) is 0 Å². The maximum absolute atomic E-state index is 5.58. The molecular weight excluding hydrogens is 144 g/mol. The van der Waals surface area contributed by atoms with Crippen molar-refractivity contribution >= 4 is 16.9 Å². The van der Waals surface area contributed by atoms with Gasteiger partial charge in [0, 0.05) is 5.25 Å². The van der Waals surface area contributed by atoms with E-state index in [-0.39, 0.29) is 0 Å². The second-order valence-corrected chi connectivity index (χ2v) is 3.77. The third-order valence-electron chi connectivity index (χ3n) is 1.81. The Bertz CT molecular complexity index is 145. The molecule has 0 spiro atoms. The summed E-state index contributed by atoms with van der Waals surface area (Å²) >= 11 is 1.73. The van der Waals surface area contributed by atoms with Crippen LogP contribution in [0.2, 0.25) is 0 Å². The molecule has 58 valence electrons. The number of hydrogen-bond donors (Lipinski definition) is 1. The smallest absolute Gasteiger partial charge is 0.154 e. The number of rotatable bonds is 2. The molecule has 0 fully saturated rings. The summed E-state index contributed by atoms with van der Waals surface area (Å²) in [4.78, 5) is 4.32. The fraction of sp³-hybridized carbons (Fsp3) is 0.857. The van der Waals surface area contributed by atoms with Crippen LogP contribution in [0.5, 0.6) is 0 Å². The van der Waals surface area contributed by atoms with Gasteiger partial charge in [0.15, 0.2) is 5.17 Å². The zero-order chi connectivity index (χ0) is 7.56. The highest BCUT2D eigenvalue weighted by molar-refractivity contribution is 8.14. The van der Waals surface area contributed by atoms with E-state index in [0.717, 1.165) is 11.6 Å². The predicted octanol–water partition coefficient (Wildman–Crippen LogP) is 1.61. The zero-order valence-corrected chi connectivity index (χ0v) is 7.32. The van der Waals surface area contributed by atoms with Crippen LogP contribution in [0, 0.1) is 0 Å². The van der Waals surface area contributed by atoms with Gasteiger partial charge in [0.2, 0.25) is 0 Å². The first-order valence-corrected chi connectivity index (χ1v) is 4.65. The Labute approximate surface area is 66.3 Å². The molecule has 0 saturated carbocycles. The van der Waals surface area contributed by atoms with E-state index >= 15 is 0 Å². The summed E-state index contributed by atoms with van der Waals surface area (Å²) in [5, 5.41) is 1.42. The van der Waals surface area contributed by atoms with Crippen molar-refractivity contribution in [3.05, 3.63) is 0 Å². The summed E-state index contributed by atoms with van der Waals surface area (Å²) in [7, 11) is 0. The molecule has 0 bridgehead atoms. The molecule has 0 aliphatic carbocycles. The number of aliphatic imine (C=N–C) groups is 1. The van der Waals surface area contributed by atoms with Crippen molar-refractivity contribution in [3.8, 4) is 0 Å². The second kappa shape index (κ2) is 3.28. The molecule has 0 amide bonds. The molecule has 3 heteroatoms. The third-order valence-corrected chi connectivity index (χ3v) is 3.11. The summed E-state index contributed by atoms with van der Waals surface area (Å²) in [6.45, 7) is 4.35. The van der Waals surface area contributed by atoms with Crippen molar-refractivity contribution in [2.24, 2.45) is 10.7 Å². The molecule has 0 aromatic carbocycles. The average molecular weight is 158 g/mol. The largest absolute Gasteiger partial charge is 0.379 e. The molecule has 1 aliphatic heterocycles. The van der Waals surface area contributed by atoms with E-state index in [4.69, 9.17) is 5.73 Å². The molecule has 2 nitrogen and oxygen atoms in total. The minimum Gasteiger partial charge on any atom is -0.379 e. The van der Waals surface area contributed by atoms with Gasteiger partial charge in [-0.25, -0.2) is 0 Å². The highest BCUT2D eigenvalue weighted by Crippen LogP contribution is 2.28. The van der Waals surface area contributed by atoms with Gasteiger partial charge in [0.25, 0.3) is 0 Å². The lowest BCUT2D eigenvalue weighted by atomic mass is 10.1. The maximum atomic E-state index is 5.58. The number of thioether (sulfide) groups is 1. The van der Waals surface area contributed by atoms with Gasteiger partial charge in [-0.05, 0) is 12.8 Å². The predicted molar refractivity (Wildman–Crippen MR) is 47.4 cm³/mol. The van der Waals surface area contributed by atoms with Crippen LogP contribution in [0.1, 0.15) is 26.7 Å². The van der Waals surface area contributed by atoms with Crippen LogP contribution in [0.3, 0.4) is 0 Å². The van der Waals surface area contributed by atoms with Crippen LogP contribution >= 0.6 is 11.8 Å². The highest BCUT2D eigenvalue weighted by atomic mass is 32.2. The van der Waals surface area contributed by atoms with Crippen LogP contribution in [0.15, 0.2) is 4.99 Å². The standard InChI is InChI=1S/C7H14N2S/c1-3-5-6(4-2)10-7(8)9-5/h5-6H,3-4H2,1-2H3,(H2,8,9)/t5-,6+/m1/s1. The fourth-order valence-corrected chi connectivity index (χ4v) is 2.30. The topological polar surface area (TPSA) is 38.4 Å². The van der Waals surface area contributed by atoms with Gasteiger partial charge >= 0.3 is 0 Å². The van der Waals surface area contributed by atoms with Gasteiger partial charge in [0.1, 0.15) is 0 Å². The summed E-state index contributed by atoms with van der Waals surface area (Å²) in [5.74, 6) is 0. The Morgan fingerprint density at radius 3 is 2.60 bits per heavy atom. The summed E-state index contributed by atoms with van der Waals surface area (Å²) in [5.41, 5.74) is 5.58. The molecule has 2 N–H and O–H groups in total. The van der Waals surface area contributed by atoms with Crippen LogP contribution < -0.4 is 5.73 Å². The lowest BCUT2D eigenvalue weighted by Gasteiger charge is -2.11. The molecule has 0 unspecified atom stereocenters. The molecule has 0 saturated heterocycles. The number of hydrogen-bond acceptors (Lipinski definition) is 3. The molecular formula is C7H14N2S. The van der Waals surface area contributed by atoms with Crippen molar-refractivity contribution < 1.29 is 0 Å². The van der Waals surface area contributed by atoms with Gasteiger partial charge < -0.3 is 5.73 Å². The molecule has 1 heterocycles. The molecule has 10 heavy (non-hydrogen) atoms. The first kappa shape index (κ1) is 7.92. The second-order valence-electron chi connectivity index (χ2n) is 2.51. The monoisotopic (exact) mass is 158 g/mol. The third kappa shape index (κ3) is 1.45. The highest BCUT2D eigenvalue weighted by Gasteiger charge is 2.25. The summed E-state index contributed by atoms with van der Waals surface area (Å²) in [6.07, 6.45) is 2.29. The van der Waals surface area contributed by atoms with E-state index in [1.54, 1.807) is 11.8 Å². The van der Waals surface area contributed by atoms with Crippen molar-refractivity contribution in [2.75, 3.05) is 0 Å². The van der Waals surface area contributed by atoms with Crippen LogP contribution in [-0.2, 0) is 0 Å². The van der Waals surface area contributed by atoms with Gasteiger partial charge in [0.05, 0.1) is 6.04 Å². The van der Waals surface area contributed by atoms with Crippen molar-refractivity contribution in [1.29, 1.82) is 0 Å². The molecule has 1 rings (SSSR count). The lowest BCUT2D eigenvalue weighted by molar-refractivity contribution is 0.615. The van der Waals surface area contributed by atoms with Gasteiger partial charge in [-0.1, -0.05) is 25.6 Å². The molecule has 2 atom stereocenters. The van der Waals surface area contributed by atoms with E-state index in [2.05, 4.69) is 18.8 Å². The SMILES string of the molecule is CC[C@@H]1SC(N)=N[C@@H]1CC. The number of nitrogens with zero attached hydrogens (tertiary/aromatic N) is 1. The van der Waals surface area contributed by atoms with Crippen molar-refractivity contribution in [2.45, 2.75) is 38.0 Å². The zero-order valence-electron chi connectivity index (χ0n) is 6.50. The molecule has 0 radical (unpaired) electrons. The number of nitrogens with two attached hydrogens (primary N) is 1. The Kier molecular flexibility index (Phi) is 2.60.